The lowest BCUT2D eigenvalue weighted by molar-refractivity contribution is -0.118. The minimum absolute atomic E-state index is 0.000000000000000222. The normalized spacial score (nSPS) is 22.7. The summed E-state index contributed by atoms with van der Waals surface area (Å²) in [6.07, 6.45) is 0. The standard InChI is InChI=1S/C3H5N2O2/c6-3-1-5(7)2-4-3/h1-2H2,(H,4,6)/q-1. The number of hydrogen-bond donors (Lipinski definition) is 1. The molecule has 0 atom stereocenters. The topological polar surface area (TPSA) is 55.4 Å². The van der Waals surface area contributed by atoms with Gasteiger partial charge in [-0.05, 0) is 0 Å². The summed E-state index contributed by atoms with van der Waals surface area (Å²) in [5, 5.41) is 13.1. The van der Waals surface area contributed by atoms with Crippen LogP contribution in [0.1, 0.15) is 0 Å². The van der Waals surface area contributed by atoms with E-state index < -0.39 is 0 Å². The van der Waals surface area contributed by atoms with E-state index in [1.807, 2.05) is 0 Å². The van der Waals surface area contributed by atoms with Crippen molar-refractivity contribution in [2.24, 2.45) is 0 Å². The quantitative estimate of drug-likeness (QED) is 0.420. The zero-order valence-electron chi connectivity index (χ0n) is 3.68. The molecule has 0 saturated carbocycles. The summed E-state index contributed by atoms with van der Waals surface area (Å²) in [4.78, 5) is 10.1. The summed E-state index contributed by atoms with van der Waals surface area (Å²) in [5.74, 6) is -0.185. The van der Waals surface area contributed by atoms with E-state index in [2.05, 4.69) is 5.32 Å². The number of amides is 1. The van der Waals surface area contributed by atoms with E-state index in [-0.39, 0.29) is 19.1 Å². The van der Waals surface area contributed by atoms with Crippen LogP contribution in [-0.4, -0.2) is 24.2 Å². The van der Waals surface area contributed by atoms with Gasteiger partial charge in [0.1, 0.15) is 0 Å². The van der Waals surface area contributed by atoms with Gasteiger partial charge in [-0.15, -0.1) is 0 Å². The van der Waals surface area contributed by atoms with Crippen molar-refractivity contribution in [3.63, 3.8) is 0 Å². The molecule has 1 heterocycles. The molecular formula is C3H5N2O2-. The Labute approximate surface area is 40.7 Å². The van der Waals surface area contributed by atoms with E-state index >= 15 is 0 Å². The van der Waals surface area contributed by atoms with E-state index in [1.54, 1.807) is 0 Å². The Morgan fingerprint density at radius 3 is 2.71 bits per heavy atom. The first-order valence-electron chi connectivity index (χ1n) is 1.98. The third-order valence-electron chi connectivity index (χ3n) is 0.773. The molecule has 1 aliphatic rings. The van der Waals surface area contributed by atoms with Gasteiger partial charge in [-0.25, -0.2) is 0 Å². The number of rotatable bonds is 0. The maximum absolute atomic E-state index is 10.1. The highest BCUT2D eigenvalue weighted by atomic mass is 16.5. The summed E-state index contributed by atoms with van der Waals surface area (Å²) < 4.78 is 0. The average Bonchev–Trinajstić information content (AvgIpc) is 1.87. The molecule has 0 aliphatic carbocycles. The molecule has 0 bridgehead atoms. The average molecular weight is 101 g/mol. The minimum atomic E-state index is -0.185. The van der Waals surface area contributed by atoms with E-state index in [4.69, 9.17) is 0 Å². The Morgan fingerprint density at radius 2 is 2.57 bits per heavy atom. The number of hydrogen-bond acceptors (Lipinski definition) is 3. The fourth-order valence-corrected chi connectivity index (χ4v) is 0.448. The van der Waals surface area contributed by atoms with E-state index in [0.717, 1.165) is 0 Å². The van der Waals surface area contributed by atoms with Crippen LogP contribution < -0.4 is 5.32 Å². The van der Waals surface area contributed by atoms with Crippen molar-refractivity contribution in [1.29, 1.82) is 0 Å². The number of hydroxylamine groups is 2. The zero-order chi connectivity index (χ0) is 5.28. The van der Waals surface area contributed by atoms with Crippen LogP contribution in [0, 0.1) is 5.21 Å². The molecule has 4 nitrogen and oxygen atoms in total. The van der Waals surface area contributed by atoms with Gasteiger partial charge >= 0.3 is 0 Å². The molecule has 0 aromatic heterocycles. The van der Waals surface area contributed by atoms with Gasteiger partial charge in [-0.3, -0.25) is 4.79 Å². The molecule has 1 fully saturated rings. The molecule has 4 heteroatoms. The van der Waals surface area contributed by atoms with Crippen molar-refractivity contribution in [1.82, 2.24) is 10.4 Å². The molecule has 0 radical (unpaired) electrons. The first-order valence-corrected chi connectivity index (χ1v) is 1.98. The highest BCUT2D eigenvalue weighted by Crippen LogP contribution is 1.86. The molecule has 7 heavy (non-hydrogen) atoms. The predicted octanol–water partition coefficient (Wildman–Crippen LogP) is -1.13. The fourth-order valence-electron chi connectivity index (χ4n) is 0.448. The van der Waals surface area contributed by atoms with Crippen LogP contribution in [0.15, 0.2) is 0 Å². The summed E-state index contributed by atoms with van der Waals surface area (Å²) in [5.41, 5.74) is 0. The van der Waals surface area contributed by atoms with Crippen LogP contribution in [-0.2, 0) is 4.79 Å². The van der Waals surface area contributed by atoms with E-state index in [0.29, 0.717) is 5.06 Å². The van der Waals surface area contributed by atoms with Gasteiger partial charge in [0.15, 0.2) is 0 Å². The highest BCUT2D eigenvalue weighted by molar-refractivity contribution is 5.79. The molecule has 1 aliphatic heterocycles. The lowest BCUT2D eigenvalue weighted by atomic mass is 10.7. The maximum atomic E-state index is 10.1. The van der Waals surface area contributed by atoms with Crippen molar-refractivity contribution in [2.75, 3.05) is 13.2 Å². The Morgan fingerprint density at radius 1 is 1.86 bits per heavy atom. The van der Waals surface area contributed by atoms with Crippen LogP contribution >= 0.6 is 0 Å². The molecule has 1 saturated heterocycles. The predicted molar refractivity (Wildman–Crippen MR) is 23.1 cm³/mol. The van der Waals surface area contributed by atoms with Crippen molar-refractivity contribution >= 4 is 5.91 Å². The third-order valence-corrected chi connectivity index (χ3v) is 0.773. The summed E-state index contributed by atoms with van der Waals surface area (Å²) in [6, 6.07) is 0. The number of carbonyl (C=O) groups is 1. The molecule has 40 valence electrons. The van der Waals surface area contributed by atoms with Crippen LogP contribution in [0.4, 0.5) is 0 Å². The SMILES string of the molecule is O=C1CN([O-])CN1. The van der Waals surface area contributed by atoms with Crippen molar-refractivity contribution in [2.45, 2.75) is 0 Å². The Bertz CT molecular complexity index is 92.9. The molecule has 1 amide bonds. The fraction of sp³-hybridized carbons (Fsp3) is 0.667. The Balaban J connectivity index is 2.40. The monoisotopic (exact) mass is 101 g/mol. The van der Waals surface area contributed by atoms with Crippen LogP contribution in [0.5, 0.6) is 0 Å². The lowest BCUT2D eigenvalue weighted by Gasteiger charge is -2.15. The van der Waals surface area contributed by atoms with Gasteiger partial charge in [0, 0.05) is 0 Å². The molecule has 1 N–H and O–H groups in total. The first kappa shape index (κ1) is 4.55. The third kappa shape index (κ3) is 0.880. The molecular weight excluding hydrogens is 96.0 g/mol. The summed E-state index contributed by atoms with van der Waals surface area (Å²) >= 11 is 0. The minimum Gasteiger partial charge on any atom is -0.784 e. The molecule has 0 aromatic rings. The second-order valence-electron chi connectivity index (χ2n) is 1.40. The van der Waals surface area contributed by atoms with Gasteiger partial charge in [0.2, 0.25) is 5.91 Å². The number of nitrogens with zero attached hydrogens (tertiary/aromatic N) is 1. The number of nitrogens with one attached hydrogen (secondary N) is 1. The van der Waals surface area contributed by atoms with E-state index in [1.165, 1.54) is 0 Å². The summed E-state index contributed by atoms with van der Waals surface area (Å²) in [6.45, 7) is 0.152. The van der Waals surface area contributed by atoms with Gasteiger partial charge in [0.25, 0.3) is 0 Å². The van der Waals surface area contributed by atoms with Gasteiger partial charge in [0.05, 0.1) is 13.2 Å². The molecule has 0 spiro atoms. The van der Waals surface area contributed by atoms with Crippen molar-refractivity contribution in [3.05, 3.63) is 5.21 Å². The molecule has 0 aromatic carbocycles. The van der Waals surface area contributed by atoms with Crippen LogP contribution in [0.3, 0.4) is 0 Å². The maximum Gasteiger partial charge on any atom is 0.234 e. The highest BCUT2D eigenvalue weighted by Gasteiger charge is 2.07. The second-order valence-corrected chi connectivity index (χ2v) is 1.40. The largest absolute Gasteiger partial charge is 0.784 e. The Kier molecular flexibility index (Phi) is 0.958. The molecule has 1 rings (SSSR count). The lowest BCUT2D eigenvalue weighted by Crippen LogP contribution is -2.15. The summed E-state index contributed by atoms with van der Waals surface area (Å²) in [7, 11) is 0. The Hall–Kier alpha value is -0.610. The smallest absolute Gasteiger partial charge is 0.234 e. The van der Waals surface area contributed by atoms with Crippen molar-refractivity contribution < 1.29 is 4.79 Å². The van der Waals surface area contributed by atoms with E-state index in [9.17, 15) is 10.0 Å². The number of carbonyl (C=O) groups excluding carboxylic acids is 1. The van der Waals surface area contributed by atoms with Gasteiger partial charge in [-0.2, -0.15) is 0 Å². The van der Waals surface area contributed by atoms with Crippen LogP contribution in [0.25, 0.3) is 0 Å². The second kappa shape index (κ2) is 1.48. The first-order chi connectivity index (χ1) is 3.29. The van der Waals surface area contributed by atoms with Crippen molar-refractivity contribution in [3.8, 4) is 0 Å². The van der Waals surface area contributed by atoms with Crippen LogP contribution in [0.2, 0.25) is 0 Å². The molecule has 0 unspecified atom stereocenters. The van der Waals surface area contributed by atoms with Gasteiger partial charge < -0.3 is 15.6 Å². The van der Waals surface area contributed by atoms with Gasteiger partial charge in [-0.1, -0.05) is 0 Å². The zero-order valence-corrected chi connectivity index (χ0v) is 3.68.